The topological polar surface area (TPSA) is 99.8 Å². The number of piperazine rings is 1. The average molecular weight is 469 g/mol. The van der Waals surface area contributed by atoms with Crippen molar-refractivity contribution in [3.8, 4) is 0 Å². The maximum atomic E-state index is 12.2. The number of halogens is 2. The molecule has 1 atom stereocenters. The second-order valence-electron chi connectivity index (χ2n) is 6.77. The molecule has 0 radical (unpaired) electrons. The van der Waals surface area contributed by atoms with Gasteiger partial charge in [0.15, 0.2) is 0 Å². The van der Waals surface area contributed by atoms with E-state index in [1.807, 2.05) is 42.2 Å². The van der Waals surface area contributed by atoms with Gasteiger partial charge >= 0.3 is 6.09 Å². The number of rotatable bonds is 6. The smallest absolute Gasteiger partial charge is 0.407 e. The fraction of sp³-hybridized carbons (Fsp3) is 0.350. The van der Waals surface area contributed by atoms with Crippen LogP contribution in [0.5, 0.6) is 0 Å². The zero-order valence-corrected chi connectivity index (χ0v) is 18.7. The second kappa shape index (κ2) is 9.76. The van der Waals surface area contributed by atoms with Crippen molar-refractivity contribution < 1.29 is 14.7 Å². The maximum Gasteiger partial charge on any atom is 0.407 e. The highest BCUT2D eigenvalue weighted by Crippen LogP contribution is 2.43. The van der Waals surface area contributed by atoms with E-state index in [0.717, 1.165) is 11.1 Å². The first kappa shape index (κ1) is 22.5. The lowest BCUT2D eigenvalue weighted by molar-refractivity contribution is -0.117. The molecule has 7 nitrogen and oxygen atoms in total. The van der Waals surface area contributed by atoms with Crippen molar-refractivity contribution in [2.45, 2.75) is 23.6 Å². The van der Waals surface area contributed by atoms with Crippen LogP contribution in [-0.2, 0) is 11.2 Å². The van der Waals surface area contributed by atoms with Gasteiger partial charge in [0.2, 0.25) is 5.91 Å². The van der Waals surface area contributed by atoms with E-state index in [1.54, 1.807) is 0 Å². The minimum Gasteiger partial charge on any atom is -0.465 e. The van der Waals surface area contributed by atoms with Crippen LogP contribution in [0, 0.1) is 0 Å². The molecule has 1 aliphatic rings. The van der Waals surface area contributed by atoms with Crippen LogP contribution in [0.1, 0.15) is 23.3 Å². The van der Waals surface area contributed by atoms with Gasteiger partial charge in [-0.25, -0.2) is 9.78 Å². The Morgan fingerprint density at radius 3 is 2.33 bits per heavy atom. The lowest BCUT2D eigenvalue weighted by Gasteiger charge is -2.35. The molecule has 3 N–H and O–H groups in total. The normalized spacial score (nSPS) is 15.2. The fourth-order valence-corrected chi connectivity index (χ4v) is 5.13. The molecule has 1 unspecified atom stereocenters. The van der Waals surface area contributed by atoms with Gasteiger partial charge in [0.1, 0.15) is 16.1 Å². The highest BCUT2D eigenvalue weighted by molar-refractivity contribution is 8.00. The van der Waals surface area contributed by atoms with E-state index in [9.17, 15) is 14.7 Å². The van der Waals surface area contributed by atoms with Crippen LogP contribution in [-0.4, -0.2) is 53.2 Å². The van der Waals surface area contributed by atoms with E-state index in [4.69, 9.17) is 28.9 Å². The zero-order chi connectivity index (χ0) is 21.8. The van der Waals surface area contributed by atoms with Gasteiger partial charge in [-0.15, -0.1) is 0 Å². The van der Waals surface area contributed by atoms with Crippen LogP contribution in [0.2, 0.25) is 10.0 Å². The van der Waals surface area contributed by atoms with Gasteiger partial charge in [-0.05, 0) is 17.5 Å². The first-order valence-corrected chi connectivity index (χ1v) is 11.1. The fourth-order valence-electron chi connectivity index (χ4n) is 3.29. The molecule has 10 heteroatoms. The predicted octanol–water partition coefficient (Wildman–Crippen LogP) is 4.07. The molecule has 2 aromatic rings. The number of hydrogen-bond acceptors (Lipinski definition) is 5. The van der Waals surface area contributed by atoms with Crippen molar-refractivity contribution in [1.82, 2.24) is 9.88 Å². The van der Waals surface area contributed by atoms with E-state index >= 15 is 0 Å². The van der Waals surface area contributed by atoms with Gasteiger partial charge in [-0.3, -0.25) is 4.79 Å². The molecule has 0 bridgehead atoms. The summed E-state index contributed by atoms with van der Waals surface area (Å²) >= 11 is 14.4. The Balaban J connectivity index is 1.96. The number of carbonyl (C=O) groups excluding carboxylic acids is 1. The Kier molecular flexibility index (Phi) is 7.33. The number of anilines is 1. The first-order chi connectivity index (χ1) is 14.3. The number of pyridine rings is 1. The Bertz CT molecular complexity index is 937. The summed E-state index contributed by atoms with van der Waals surface area (Å²) < 4.78 is 0. The number of nitrogens with two attached hydrogens (primary N) is 1. The minimum atomic E-state index is -0.942. The standard InChI is InChI=1S/C20H22Cl2N4O3S/c1-2-13-14(21)18(25-8-10-26(11-9-25)20(28)29)24-19(15(13)22)30-16(17(23)27)12-6-4-3-5-7-12/h3-7,16H,2,8-11H2,1H3,(H2,23,27)(H,28,29). The van der Waals surface area contributed by atoms with E-state index in [0.29, 0.717) is 53.5 Å². The van der Waals surface area contributed by atoms with Gasteiger partial charge in [0, 0.05) is 26.2 Å². The summed E-state index contributed by atoms with van der Waals surface area (Å²) in [5.74, 6) is 0.0513. The molecule has 0 spiro atoms. The Labute approximate surface area is 189 Å². The van der Waals surface area contributed by atoms with Crippen LogP contribution < -0.4 is 10.6 Å². The van der Waals surface area contributed by atoms with E-state index < -0.39 is 17.3 Å². The van der Waals surface area contributed by atoms with Crippen molar-refractivity contribution in [3.63, 3.8) is 0 Å². The quantitative estimate of drug-likeness (QED) is 0.619. The molecule has 0 saturated carbocycles. The number of nitrogens with zero attached hydrogens (tertiary/aromatic N) is 3. The molecule has 2 heterocycles. The lowest BCUT2D eigenvalue weighted by Crippen LogP contribution is -2.48. The number of thioether (sulfide) groups is 1. The number of hydrogen-bond donors (Lipinski definition) is 2. The third-order valence-corrected chi connectivity index (χ3v) is 7.09. The highest BCUT2D eigenvalue weighted by atomic mass is 35.5. The van der Waals surface area contributed by atoms with Gasteiger partial charge in [-0.1, -0.05) is 72.2 Å². The van der Waals surface area contributed by atoms with Crippen molar-refractivity contribution >= 4 is 52.8 Å². The van der Waals surface area contributed by atoms with E-state index in [1.165, 1.54) is 16.7 Å². The number of primary amides is 1. The Morgan fingerprint density at radius 2 is 1.80 bits per heavy atom. The SMILES string of the molecule is CCc1c(Cl)c(SC(C(N)=O)c2ccccc2)nc(N2CCN(C(=O)O)CC2)c1Cl. The second-order valence-corrected chi connectivity index (χ2v) is 8.62. The molecule has 1 fully saturated rings. The van der Waals surface area contributed by atoms with Crippen LogP contribution in [0.3, 0.4) is 0 Å². The van der Waals surface area contributed by atoms with Crippen molar-refractivity contribution in [2.24, 2.45) is 5.73 Å². The van der Waals surface area contributed by atoms with Crippen molar-refractivity contribution in [1.29, 1.82) is 0 Å². The van der Waals surface area contributed by atoms with Crippen LogP contribution in [0.15, 0.2) is 35.4 Å². The summed E-state index contributed by atoms with van der Waals surface area (Å²) in [6, 6.07) is 9.21. The first-order valence-electron chi connectivity index (χ1n) is 9.45. The van der Waals surface area contributed by atoms with E-state index in [-0.39, 0.29) is 0 Å². The van der Waals surface area contributed by atoms with E-state index in [2.05, 4.69) is 4.98 Å². The molecule has 3 rings (SSSR count). The maximum absolute atomic E-state index is 12.2. The van der Waals surface area contributed by atoms with Gasteiger partial charge in [0.05, 0.1) is 10.0 Å². The minimum absolute atomic E-state index is 0.355. The number of amides is 2. The van der Waals surface area contributed by atoms with Crippen LogP contribution in [0.25, 0.3) is 0 Å². The number of aromatic nitrogens is 1. The molecule has 1 aromatic heterocycles. The Morgan fingerprint density at radius 1 is 1.17 bits per heavy atom. The molecule has 1 aromatic carbocycles. The summed E-state index contributed by atoms with van der Waals surface area (Å²) in [6.07, 6.45) is -0.356. The Hall–Kier alpha value is -2.16. The molecule has 1 saturated heterocycles. The molecule has 30 heavy (non-hydrogen) atoms. The number of carboxylic acid groups (broad SMARTS) is 1. The molecule has 0 aliphatic carbocycles. The van der Waals surface area contributed by atoms with Crippen LogP contribution in [0.4, 0.5) is 10.6 Å². The average Bonchev–Trinajstić information content (AvgIpc) is 2.74. The van der Waals surface area contributed by atoms with Gasteiger partial charge < -0.3 is 20.6 Å². The summed E-state index contributed by atoms with van der Waals surface area (Å²) in [7, 11) is 0. The third-order valence-electron chi connectivity index (χ3n) is 4.91. The molecule has 1 aliphatic heterocycles. The summed E-state index contributed by atoms with van der Waals surface area (Å²) in [4.78, 5) is 31.3. The molecule has 160 valence electrons. The highest BCUT2D eigenvalue weighted by Gasteiger charge is 2.28. The van der Waals surface area contributed by atoms with Gasteiger partial charge in [-0.2, -0.15) is 0 Å². The number of carbonyl (C=O) groups is 2. The predicted molar refractivity (Wildman–Crippen MR) is 120 cm³/mol. The van der Waals surface area contributed by atoms with Crippen molar-refractivity contribution in [3.05, 3.63) is 51.5 Å². The van der Waals surface area contributed by atoms with Crippen LogP contribution >= 0.6 is 35.0 Å². The molecular weight excluding hydrogens is 447 g/mol. The zero-order valence-electron chi connectivity index (χ0n) is 16.3. The monoisotopic (exact) mass is 468 g/mol. The molecule has 2 amide bonds. The summed E-state index contributed by atoms with van der Waals surface area (Å²) in [5.41, 5.74) is 7.16. The summed E-state index contributed by atoms with van der Waals surface area (Å²) in [6.45, 7) is 3.58. The lowest BCUT2D eigenvalue weighted by atomic mass is 10.1. The van der Waals surface area contributed by atoms with Gasteiger partial charge in [0.25, 0.3) is 0 Å². The summed E-state index contributed by atoms with van der Waals surface area (Å²) in [5, 5.41) is 9.85. The molecular formula is C20H22Cl2N4O3S. The largest absolute Gasteiger partial charge is 0.465 e. The third kappa shape index (κ3) is 4.77. The number of benzene rings is 1. The van der Waals surface area contributed by atoms with Crippen molar-refractivity contribution in [2.75, 3.05) is 31.1 Å².